The third-order valence-corrected chi connectivity index (χ3v) is 6.17. The van der Waals surface area contributed by atoms with E-state index in [9.17, 15) is 13.2 Å². The van der Waals surface area contributed by atoms with Gasteiger partial charge in [-0.2, -0.15) is 0 Å². The van der Waals surface area contributed by atoms with Crippen LogP contribution in [0.1, 0.15) is 10.4 Å². The molecule has 0 unspecified atom stereocenters. The highest BCUT2D eigenvalue weighted by atomic mass is 35.5. The monoisotopic (exact) mass is 399 g/mol. The van der Waals surface area contributed by atoms with Crippen LogP contribution in [0.3, 0.4) is 0 Å². The lowest BCUT2D eigenvalue weighted by atomic mass is 10.2. The second-order valence-corrected chi connectivity index (χ2v) is 8.71. The van der Waals surface area contributed by atoms with Crippen molar-refractivity contribution in [3.63, 3.8) is 0 Å². The standard InChI is InChI=1S/C16H15Cl2N3O3S/c17-14-8-11(10-19-15(14)18)16(22)20-12-2-1-3-13(9-12)21-4-6-25(23,24)7-5-21/h1-3,8-10H,4-7H2,(H,20,22). The summed E-state index contributed by atoms with van der Waals surface area (Å²) in [6, 6.07) is 8.70. The van der Waals surface area contributed by atoms with E-state index >= 15 is 0 Å². The first-order valence-corrected chi connectivity index (χ1v) is 10.1. The fourth-order valence-electron chi connectivity index (χ4n) is 2.50. The highest BCUT2D eigenvalue weighted by Gasteiger charge is 2.22. The van der Waals surface area contributed by atoms with Gasteiger partial charge in [0.25, 0.3) is 5.91 Å². The second-order valence-electron chi connectivity index (χ2n) is 5.64. The van der Waals surface area contributed by atoms with E-state index in [-0.39, 0.29) is 27.6 Å². The molecule has 0 saturated carbocycles. The molecule has 1 aliphatic heterocycles. The van der Waals surface area contributed by atoms with Gasteiger partial charge < -0.3 is 10.2 Å². The summed E-state index contributed by atoms with van der Waals surface area (Å²) in [5.41, 5.74) is 1.76. The van der Waals surface area contributed by atoms with Crippen LogP contribution < -0.4 is 10.2 Å². The Labute approximate surface area is 155 Å². The Hall–Kier alpha value is -1.83. The second kappa shape index (κ2) is 7.19. The van der Waals surface area contributed by atoms with E-state index in [0.29, 0.717) is 24.3 Å². The first kappa shape index (κ1) is 18.0. The summed E-state index contributed by atoms with van der Waals surface area (Å²) in [7, 11) is -2.94. The minimum absolute atomic E-state index is 0.137. The Balaban J connectivity index is 1.73. The number of sulfone groups is 1. The summed E-state index contributed by atoms with van der Waals surface area (Å²) in [4.78, 5) is 18.1. The number of nitrogens with zero attached hydrogens (tertiary/aromatic N) is 2. The maximum Gasteiger partial charge on any atom is 0.257 e. The minimum atomic E-state index is -2.94. The van der Waals surface area contributed by atoms with Gasteiger partial charge in [0.05, 0.1) is 22.1 Å². The zero-order valence-electron chi connectivity index (χ0n) is 13.1. The van der Waals surface area contributed by atoms with Crippen molar-refractivity contribution < 1.29 is 13.2 Å². The van der Waals surface area contributed by atoms with Crippen molar-refractivity contribution in [2.45, 2.75) is 0 Å². The van der Waals surface area contributed by atoms with E-state index in [1.165, 1.54) is 12.3 Å². The van der Waals surface area contributed by atoms with Gasteiger partial charge in [-0.3, -0.25) is 4.79 Å². The normalized spacial score (nSPS) is 16.5. The number of carbonyl (C=O) groups is 1. The van der Waals surface area contributed by atoms with E-state index in [1.54, 1.807) is 18.2 Å². The first-order chi connectivity index (χ1) is 11.8. The van der Waals surface area contributed by atoms with Crippen LogP contribution in [-0.4, -0.2) is 43.9 Å². The Morgan fingerprint density at radius 2 is 1.88 bits per heavy atom. The van der Waals surface area contributed by atoms with Gasteiger partial charge in [-0.25, -0.2) is 13.4 Å². The first-order valence-electron chi connectivity index (χ1n) is 7.52. The Morgan fingerprint density at radius 1 is 1.16 bits per heavy atom. The van der Waals surface area contributed by atoms with E-state index in [2.05, 4.69) is 10.3 Å². The summed E-state index contributed by atoms with van der Waals surface area (Å²) < 4.78 is 23.1. The lowest BCUT2D eigenvalue weighted by Crippen LogP contribution is -2.40. The van der Waals surface area contributed by atoms with Crippen LogP contribution >= 0.6 is 23.2 Å². The van der Waals surface area contributed by atoms with Gasteiger partial charge >= 0.3 is 0 Å². The van der Waals surface area contributed by atoms with Crippen LogP contribution in [0.5, 0.6) is 0 Å². The molecule has 9 heteroatoms. The van der Waals surface area contributed by atoms with Crippen molar-refractivity contribution in [2.24, 2.45) is 0 Å². The molecular weight excluding hydrogens is 385 g/mol. The maximum atomic E-state index is 12.3. The third kappa shape index (κ3) is 4.42. The molecule has 6 nitrogen and oxygen atoms in total. The van der Waals surface area contributed by atoms with Crippen LogP contribution in [0.15, 0.2) is 36.5 Å². The molecular formula is C16H15Cl2N3O3S. The molecule has 3 rings (SSSR count). The molecule has 2 aromatic rings. The van der Waals surface area contributed by atoms with E-state index < -0.39 is 9.84 Å². The summed E-state index contributed by atoms with van der Waals surface area (Å²) in [6.07, 6.45) is 1.35. The fraction of sp³-hybridized carbons (Fsp3) is 0.250. The Bertz CT molecular complexity index is 905. The third-order valence-electron chi connectivity index (χ3n) is 3.87. The van der Waals surface area contributed by atoms with Crippen molar-refractivity contribution >= 4 is 50.3 Å². The van der Waals surface area contributed by atoms with Crippen molar-refractivity contribution in [3.8, 4) is 0 Å². The number of pyridine rings is 1. The average Bonchev–Trinajstić information content (AvgIpc) is 2.57. The number of hydrogen-bond acceptors (Lipinski definition) is 5. The number of hydrogen-bond donors (Lipinski definition) is 1. The minimum Gasteiger partial charge on any atom is -0.369 e. The lowest BCUT2D eigenvalue weighted by molar-refractivity contribution is 0.102. The molecule has 0 aliphatic carbocycles. The molecule has 0 atom stereocenters. The molecule has 0 spiro atoms. The zero-order valence-corrected chi connectivity index (χ0v) is 15.4. The van der Waals surface area contributed by atoms with E-state index in [1.807, 2.05) is 11.0 Å². The number of aromatic nitrogens is 1. The molecule has 132 valence electrons. The molecule has 25 heavy (non-hydrogen) atoms. The molecule has 0 radical (unpaired) electrons. The van der Waals surface area contributed by atoms with Gasteiger partial charge in [0.1, 0.15) is 5.15 Å². The van der Waals surface area contributed by atoms with Crippen molar-refractivity contribution in [1.82, 2.24) is 4.98 Å². The predicted molar refractivity (Wildman–Crippen MR) is 99.5 cm³/mol. The molecule has 0 bridgehead atoms. The highest BCUT2D eigenvalue weighted by Crippen LogP contribution is 2.23. The predicted octanol–water partition coefficient (Wildman–Crippen LogP) is 2.88. The summed E-state index contributed by atoms with van der Waals surface area (Å²) in [6.45, 7) is 0.882. The molecule has 1 saturated heterocycles. The lowest BCUT2D eigenvalue weighted by Gasteiger charge is -2.29. The molecule has 1 N–H and O–H groups in total. The number of anilines is 2. The summed E-state index contributed by atoms with van der Waals surface area (Å²) in [5, 5.41) is 3.12. The van der Waals surface area contributed by atoms with Crippen molar-refractivity contribution in [1.29, 1.82) is 0 Å². The van der Waals surface area contributed by atoms with Crippen molar-refractivity contribution in [3.05, 3.63) is 52.3 Å². The van der Waals surface area contributed by atoms with Crippen LogP contribution in [0.4, 0.5) is 11.4 Å². The smallest absolute Gasteiger partial charge is 0.257 e. The number of carbonyl (C=O) groups excluding carboxylic acids is 1. The number of amides is 1. The summed E-state index contributed by atoms with van der Waals surface area (Å²) >= 11 is 11.6. The van der Waals surface area contributed by atoms with Crippen LogP contribution in [-0.2, 0) is 9.84 Å². The Kier molecular flexibility index (Phi) is 5.17. The number of rotatable bonds is 3. The highest BCUT2D eigenvalue weighted by molar-refractivity contribution is 7.91. The maximum absolute atomic E-state index is 12.3. The van der Waals surface area contributed by atoms with E-state index in [4.69, 9.17) is 23.2 Å². The van der Waals surface area contributed by atoms with Gasteiger partial charge in [-0.15, -0.1) is 0 Å². The number of halogens is 2. The van der Waals surface area contributed by atoms with Crippen molar-refractivity contribution in [2.75, 3.05) is 34.8 Å². The molecule has 1 aromatic heterocycles. The number of benzene rings is 1. The molecule has 2 heterocycles. The van der Waals surface area contributed by atoms with Gasteiger partial charge in [0.2, 0.25) is 0 Å². The van der Waals surface area contributed by atoms with Crippen LogP contribution in [0.25, 0.3) is 0 Å². The Morgan fingerprint density at radius 3 is 2.56 bits per heavy atom. The molecule has 1 aromatic carbocycles. The largest absolute Gasteiger partial charge is 0.369 e. The van der Waals surface area contributed by atoms with Gasteiger partial charge in [0.15, 0.2) is 9.84 Å². The van der Waals surface area contributed by atoms with Crippen LogP contribution in [0, 0.1) is 0 Å². The number of nitrogens with one attached hydrogen (secondary N) is 1. The SMILES string of the molecule is O=C(Nc1cccc(N2CCS(=O)(=O)CC2)c1)c1cnc(Cl)c(Cl)c1. The zero-order chi connectivity index (χ0) is 18.0. The van der Waals surface area contributed by atoms with Gasteiger partial charge in [0, 0.05) is 30.7 Å². The van der Waals surface area contributed by atoms with Gasteiger partial charge in [-0.05, 0) is 24.3 Å². The summed E-state index contributed by atoms with van der Waals surface area (Å²) in [5.74, 6) is -0.0821. The molecule has 1 fully saturated rings. The topological polar surface area (TPSA) is 79.4 Å². The van der Waals surface area contributed by atoms with Gasteiger partial charge in [-0.1, -0.05) is 29.3 Å². The molecule has 1 amide bonds. The van der Waals surface area contributed by atoms with Crippen LogP contribution in [0.2, 0.25) is 10.2 Å². The molecule has 1 aliphatic rings. The fourth-order valence-corrected chi connectivity index (χ4v) is 3.97. The quantitative estimate of drug-likeness (QED) is 0.802. The van der Waals surface area contributed by atoms with E-state index in [0.717, 1.165) is 5.69 Å². The average molecular weight is 400 g/mol.